The predicted molar refractivity (Wildman–Crippen MR) is 146 cm³/mol. The number of nitrogens with one attached hydrogen (secondary N) is 3. The summed E-state index contributed by atoms with van der Waals surface area (Å²) in [6, 6.07) is 15.0. The molecule has 0 unspecified atom stereocenters. The standard InChI is InChI=1S/C29H25F2N7O2/c1-2-38-26(25-22(31)13-18(14-32-25)34-17-11-12-17)20(15-33-38)28(39)37-27-29(40)36-24-19(9-6-10-21(24)30)23(35-27)16-7-4-3-5-8-16/h3-10,13-15,17,27,34H,2,11-12H2,1H3,(H,36,40)(H,37,39)/t27-/m1/s1. The molecule has 0 bridgehead atoms. The highest BCUT2D eigenvalue weighted by Gasteiger charge is 2.31. The molecular weight excluding hydrogens is 516 g/mol. The minimum Gasteiger partial charge on any atom is -0.381 e. The number of benzodiazepines with no additional fused rings is 1. The van der Waals surface area contributed by atoms with Gasteiger partial charge >= 0.3 is 0 Å². The minimum absolute atomic E-state index is 0.0216. The fourth-order valence-corrected chi connectivity index (χ4v) is 4.62. The summed E-state index contributed by atoms with van der Waals surface area (Å²) < 4.78 is 31.5. The van der Waals surface area contributed by atoms with Crippen LogP contribution in [0.3, 0.4) is 0 Å². The first kappa shape index (κ1) is 25.4. The monoisotopic (exact) mass is 541 g/mol. The maximum Gasteiger partial charge on any atom is 0.269 e. The number of rotatable bonds is 7. The van der Waals surface area contributed by atoms with Gasteiger partial charge in [0.05, 0.1) is 35.0 Å². The number of carbonyl (C=O) groups is 2. The second-order valence-electron chi connectivity index (χ2n) is 9.57. The zero-order valence-corrected chi connectivity index (χ0v) is 21.5. The number of aromatic nitrogens is 3. The molecule has 0 radical (unpaired) electrons. The largest absolute Gasteiger partial charge is 0.381 e. The van der Waals surface area contributed by atoms with Gasteiger partial charge in [-0.15, -0.1) is 0 Å². The van der Waals surface area contributed by atoms with Crippen LogP contribution in [0.25, 0.3) is 11.4 Å². The first-order valence-electron chi connectivity index (χ1n) is 12.9. The number of aliphatic imine (C=N–C) groups is 1. The van der Waals surface area contributed by atoms with E-state index in [1.54, 1.807) is 37.3 Å². The van der Waals surface area contributed by atoms with Gasteiger partial charge in [-0.25, -0.2) is 18.8 Å². The van der Waals surface area contributed by atoms with E-state index in [9.17, 15) is 14.0 Å². The SMILES string of the molecule is CCn1ncc(C(=O)N[C@H]2N=C(c3ccccc3)c3cccc(F)c3NC2=O)c1-c1ncc(NC2CC2)cc1F. The number of halogens is 2. The van der Waals surface area contributed by atoms with Crippen molar-refractivity contribution in [2.24, 2.45) is 4.99 Å². The van der Waals surface area contributed by atoms with E-state index in [1.807, 2.05) is 6.07 Å². The molecular formula is C29H25F2N7O2. The molecule has 1 fully saturated rings. The van der Waals surface area contributed by atoms with Crippen molar-refractivity contribution in [1.82, 2.24) is 20.1 Å². The Bertz CT molecular complexity index is 1650. The normalized spacial score (nSPS) is 16.4. The number of pyridine rings is 1. The molecule has 1 aliphatic heterocycles. The second kappa shape index (κ2) is 10.3. The van der Waals surface area contributed by atoms with E-state index in [0.29, 0.717) is 35.1 Å². The van der Waals surface area contributed by atoms with Crippen LogP contribution in [-0.4, -0.2) is 44.5 Å². The summed E-state index contributed by atoms with van der Waals surface area (Å²) in [6.45, 7) is 2.15. The van der Waals surface area contributed by atoms with E-state index in [4.69, 9.17) is 0 Å². The van der Waals surface area contributed by atoms with Crippen molar-refractivity contribution in [3.05, 3.63) is 95.3 Å². The molecule has 3 N–H and O–H groups in total. The summed E-state index contributed by atoms with van der Waals surface area (Å²) in [5, 5.41) is 12.6. The van der Waals surface area contributed by atoms with E-state index in [0.717, 1.165) is 12.8 Å². The predicted octanol–water partition coefficient (Wildman–Crippen LogP) is 4.36. The molecule has 1 saturated carbocycles. The van der Waals surface area contributed by atoms with Gasteiger partial charge in [0, 0.05) is 29.8 Å². The van der Waals surface area contributed by atoms with Crippen LogP contribution >= 0.6 is 0 Å². The Balaban J connectivity index is 1.36. The van der Waals surface area contributed by atoms with Gasteiger partial charge in [-0.1, -0.05) is 42.5 Å². The Kier molecular flexibility index (Phi) is 6.54. The number of nitrogens with zero attached hydrogens (tertiary/aromatic N) is 4. The third-order valence-corrected chi connectivity index (χ3v) is 6.74. The van der Waals surface area contributed by atoms with Gasteiger partial charge in [0.25, 0.3) is 11.8 Å². The van der Waals surface area contributed by atoms with E-state index in [1.165, 1.54) is 35.3 Å². The maximum absolute atomic E-state index is 15.2. The summed E-state index contributed by atoms with van der Waals surface area (Å²) in [4.78, 5) is 35.6. The molecule has 0 spiro atoms. The van der Waals surface area contributed by atoms with E-state index < -0.39 is 29.6 Å². The lowest BCUT2D eigenvalue weighted by atomic mass is 10.0. The number of hydrogen-bond donors (Lipinski definition) is 3. The molecule has 4 aromatic rings. The molecule has 202 valence electrons. The van der Waals surface area contributed by atoms with E-state index >= 15 is 4.39 Å². The van der Waals surface area contributed by atoms with Gasteiger partial charge in [-0.3, -0.25) is 14.3 Å². The first-order valence-corrected chi connectivity index (χ1v) is 12.9. The molecule has 3 heterocycles. The summed E-state index contributed by atoms with van der Waals surface area (Å²) in [7, 11) is 0. The van der Waals surface area contributed by atoms with Crippen molar-refractivity contribution < 1.29 is 18.4 Å². The zero-order chi connectivity index (χ0) is 27.8. The van der Waals surface area contributed by atoms with Crippen LogP contribution in [0, 0.1) is 11.6 Å². The number of hydrogen-bond acceptors (Lipinski definition) is 6. The number of fused-ring (bicyclic) bond motifs is 1. The maximum atomic E-state index is 15.2. The van der Waals surface area contributed by atoms with Crippen molar-refractivity contribution in [3.8, 4) is 11.4 Å². The summed E-state index contributed by atoms with van der Waals surface area (Å²) in [6.07, 6.45) is 3.47. The van der Waals surface area contributed by atoms with Gasteiger partial charge < -0.3 is 16.0 Å². The Labute approximate surface area is 228 Å². The van der Waals surface area contributed by atoms with Crippen LogP contribution in [0.2, 0.25) is 0 Å². The van der Waals surface area contributed by atoms with Crippen LogP contribution in [0.4, 0.5) is 20.2 Å². The van der Waals surface area contributed by atoms with Crippen molar-refractivity contribution in [2.45, 2.75) is 38.5 Å². The topological polar surface area (TPSA) is 113 Å². The summed E-state index contributed by atoms with van der Waals surface area (Å²) >= 11 is 0. The number of benzene rings is 2. The lowest BCUT2D eigenvalue weighted by Gasteiger charge is -2.14. The second-order valence-corrected chi connectivity index (χ2v) is 9.57. The molecule has 11 heteroatoms. The van der Waals surface area contributed by atoms with Gasteiger partial charge in [0.2, 0.25) is 6.17 Å². The first-order chi connectivity index (χ1) is 19.4. The van der Waals surface area contributed by atoms with Gasteiger partial charge in [-0.2, -0.15) is 5.10 Å². The highest BCUT2D eigenvalue weighted by atomic mass is 19.1. The van der Waals surface area contributed by atoms with Crippen LogP contribution in [0.15, 0.2) is 72.0 Å². The molecule has 0 saturated heterocycles. The lowest BCUT2D eigenvalue weighted by Crippen LogP contribution is -2.42. The Morgan fingerprint density at radius 1 is 1.07 bits per heavy atom. The molecule has 2 aromatic carbocycles. The average molecular weight is 542 g/mol. The molecule has 1 aliphatic carbocycles. The van der Waals surface area contributed by atoms with Crippen molar-refractivity contribution in [3.63, 3.8) is 0 Å². The minimum atomic E-state index is -1.41. The smallest absolute Gasteiger partial charge is 0.269 e. The number of anilines is 2. The quantitative estimate of drug-likeness (QED) is 0.322. The zero-order valence-electron chi connectivity index (χ0n) is 21.5. The van der Waals surface area contributed by atoms with Crippen LogP contribution in [-0.2, 0) is 11.3 Å². The van der Waals surface area contributed by atoms with Crippen molar-refractivity contribution in [1.29, 1.82) is 0 Å². The summed E-state index contributed by atoms with van der Waals surface area (Å²) in [5.41, 5.74) is 2.02. The van der Waals surface area contributed by atoms with E-state index in [2.05, 4.69) is 31.0 Å². The lowest BCUT2D eigenvalue weighted by molar-refractivity contribution is -0.117. The number of amides is 2. The molecule has 40 heavy (non-hydrogen) atoms. The van der Waals surface area contributed by atoms with Crippen LogP contribution < -0.4 is 16.0 Å². The third-order valence-electron chi connectivity index (χ3n) is 6.74. The molecule has 2 aromatic heterocycles. The molecule has 2 amide bonds. The van der Waals surface area contributed by atoms with Gasteiger partial charge in [-0.05, 0) is 25.8 Å². The number of aryl methyl sites for hydroxylation is 1. The van der Waals surface area contributed by atoms with Crippen molar-refractivity contribution >= 4 is 28.9 Å². The molecule has 6 rings (SSSR count). The Hall–Kier alpha value is -4.93. The average Bonchev–Trinajstić information content (AvgIpc) is 3.69. The van der Waals surface area contributed by atoms with Crippen LogP contribution in [0.5, 0.6) is 0 Å². The molecule has 9 nitrogen and oxygen atoms in total. The summed E-state index contributed by atoms with van der Waals surface area (Å²) in [5.74, 6) is -2.68. The number of para-hydroxylation sites is 1. The van der Waals surface area contributed by atoms with Crippen molar-refractivity contribution in [2.75, 3.05) is 10.6 Å². The fraction of sp³-hybridized carbons (Fsp3) is 0.207. The molecule has 2 aliphatic rings. The van der Waals surface area contributed by atoms with Gasteiger partial charge in [0.1, 0.15) is 17.2 Å². The van der Waals surface area contributed by atoms with Crippen LogP contribution in [0.1, 0.15) is 41.3 Å². The van der Waals surface area contributed by atoms with E-state index in [-0.39, 0.29) is 22.6 Å². The Morgan fingerprint density at radius 2 is 1.88 bits per heavy atom. The third kappa shape index (κ3) is 4.81. The highest BCUT2D eigenvalue weighted by Crippen LogP contribution is 2.30. The fourth-order valence-electron chi connectivity index (χ4n) is 4.62. The number of carbonyl (C=O) groups excluding carboxylic acids is 2. The molecule has 1 atom stereocenters. The highest BCUT2D eigenvalue weighted by molar-refractivity contribution is 6.20. The van der Waals surface area contributed by atoms with Gasteiger partial charge in [0.15, 0.2) is 5.82 Å². The Morgan fingerprint density at radius 3 is 2.60 bits per heavy atom.